The number of nitrogens with one attached hydrogen (secondary N) is 1. The molecule has 0 aliphatic carbocycles. The normalized spacial score (nSPS) is 11.1. The SMILES string of the molecule is CCOc1cccc(NC(=O)c2ccccc2N=C(N)CCl)c1. The minimum Gasteiger partial charge on any atom is -0.494 e. The van der Waals surface area contributed by atoms with Crippen molar-refractivity contribution in [2.45, 2.75) is 6.92 Å². The molecule has 3 N–H and O–H groups in total. The number of aliphatic imine (C=N–C) groups is 1. The highest BCUT2D eigenvalue weighted by atomic mass is 35.5. The quantitative estimate of drug-likeness (QED) is 0.482. The van der Waals surface area contributed by atoms with Crippen molar-refractivity contribution in [1.29, 1.82) is 0 Å². The Bertz CT molecular complexity index is 716. The maximum atomic E-state index is 12.5. The molecule has 0 aliphatic rings. The van der Waals surface area contributed by atoms with Crippen molar-refractivity contribution in [3.8, 4) is 5.75 Å². The molecule has 0 aromatic heterocycles. The van der Waals surface area contributed by atoms with Gasteiger partial charge < -0.3 is 15.8 Å². The Balaban J connectivity index is 2.23. The van der Waals surface area contributed by atoms with Crippen LogP contribution in [0, 0.1) is 0 Å². The Morgan fingerprint density at radius 3 is 2.78 bits per heavy atom. The van der Waals surface area contributed by atoms with Gasteiger partial charge in [-0.2, -0.15) is 0 Å². The molecule has 2 aromatic rings. The number of alkyl halides is 1. The van der Waals surface area contributed by atoms with Crippen LogP contribution < -0.4 is 15.8 Å². The zero-order valence-electron chi connectivity index (χ0n) is 12.8. The number of rotatable bonds is 6. The predicted octanol–water partition coefficient (Wildman–Crippen LogP) is 3.57. The van der Waals surface area contributed by atoms with Crippen molar-refractivity contribution in [1.82, 2.24) is 0 Å². The molecule has 6 heteroatoms. The number of amidine groups is 1. The monoisotopic (exact) mass is 331 g/mol. The van der Waals surface area contributed by atoms with E-state index in [0.29, 0.717) is 29.3 Å². The molecule has 5 nitrogen and oxygen atoms in total. The number of nitrogens with zero attached hydrogens (tertiary/aromatic N) is 1. The number of para-hydroxylation sites is 1. The summed E-state index contributed by atoms with van der Waals surface area (Å²) in [4.78, 5) is 16.6. The maximum absolute atomic E-state index is 12.5. The van der Waals surface area contributed by atoms with Crippen molar-refractivity contribution < 1.29 is 9.53 Å². The number of carbonyl (C=O) groups excluding carboxylic acids is 1. The van der Waals surface area contributed by atoms with Gasteiger partial charge in [-0.3, -0.25) is 4.79 Å². The van der Waals surface area contributed by atoms with E-state index in [1.54, 1.807) is 36.4 Å². The molecule has 0 saturated carbocycles. The Labute approximate surface area is 140 Å². The second-order valence-corrected chi connectivity index (χ2v) is 4.94. The molecule has 0 heterocycles. The molecule has 2 rings (SSSR count). The van der Waals surface area contributed by atoms with E-state index in [1.165, 1.54) is 0 Å². The van der Waals surface area contributed by atoms with E-state index in [0.717, 1.165) is 0 Å². The summed E-state index contributed by atoms with van der Waals surface area (Å²) >= 11 is 5.64. The van der Waals surface area contributed by atoms with Crippen LogP contribution in [-0.4, -0.2) is 24.2 Å². The van der Waals surface area contributed by atoms with Crippen LogP contribution in [-0.2, 0) is 0 Å². The Morgan fingerprint density at radius 1 is 1.26 bits per heavy atom. The van der Waals surface area contributed by atoms with Crippen molar-refractivity contribution in [2.24, 2.45) is 10.7 Å². The maximum Gasteiger partial charge on any atom is 0.257 e. The van der Waals surface area contributed by atoms with Crippen LogP contribution in [0.3, 0.4) is 0 Å². The summed E-state index contributed by atoms with van der Waals surface area (Å²) in [7, 11) is 0. The summed E-state index contributed by atoms with van der Waals surface area (Å²) in [6.45, 7) is 2.47. The van der Waals surface area contributed by atoms with Gasteiger partial charge in [-0.05, 0) is 31.2 Å². The third-order valence-corrected chi connectivity index (χ3v) is 3.23. The lowest BCUT2D eigenvalue weighted by atomic mass is 10.1. The predicted molar refractivity (Wildman–Crippen MR) is 94.0 cm³/mol. The molecule has 0 unspecified atom stereocenters. The molecule has 23 heavy (non-hydrogen) atoms. The largest absolute Gasteiger partial charge is 0.494 e. The lowest BCUT2D eigenvalue weighted by molar-refractivity contribution is 0.102. The zero-order valence-corrected chi connectivity index (χ0v) is 13.5. The molecule has 0 radical (unpaired) electrons. The van der Waals surface area contributed by atoms with E-state index in [4.69, 9.17) is 22.1 Å². The highest BCUT2D eigenvalue weighted by Gasteiger charge is 2.11. The highest BCUT2D eigenvalue weighted by molar-refractivity contribution is 6.28. The summed E-state index contributed by atoms with van der Waals surface area (Å²) in [6.07, 6.45) is 0. The molecule has 120 valence electrons. The van der Waals surface area contributed by atoms with Crippen LogP contribution in [0.4, 0.5) is 11.4 Å². The lowest BCUT2D eigenvalue weighted by Gasteiger charge is -2.09. The number of amides is 1. The van der Waals surface area contributed by atoms with E-state index >= 15 is 0 Å². The Morgan fingerprint density at radius 2 is 2.04 bits per heavy atom. The van der Waals surface area contributed by atoms with Crippen LogP contribution in [0.2, 0.25) is 0 Å². The van der Waals surface area contributed by atoms with E-state index in [-0.39, 0.29) is 17.6 Å². The molecular weight excluding hydrogens is 314 g/mol. The molecule has 0 saturated heterocycles. The lowest BCUT2D eigenvalue weighted by Crippen LogP contribution is -2.15. The fourth-order valence-electron chi connectivity index (χ4n) is 1.98. The van der Waals surface area contributed by atoms with Gasteiger partial charge in [0.15, 0.2) is 0 Å². The minimum atomic E-state index is -0.277. The van der Waals surface area contributed by atoms with Crippen molar-refractivity contribution in [3.63, 3.8) is 0 Å². The smallest absolute Gasteiger partial charge is 0.257 e. The molecule has 0 aliphatic heterocycles. The van der Waals surface area contributed by atoms with Crippen molar-refractivity contribution in [2.75, 3.05) is 17.8 Å². The summed E-state index contributed by atoms with van der Waals surface area (Å²) in [6, 6.07) is 14.1. The van der Waals surface area contributed by atoms with Gasteiger partial charge in [0, 0.05) is 11.8 Å². The van der Waals surface area contributed by atoms with Gasteiger partial charge in [0.2, 0.25) is 0 Å². The fraction of sp³-hybridized carbons (Fsp3) is 0.176. The highest BCUT2D eigenvalue weighted by Crippen LogP contribution is 2.22. The topological polar surface area (TPSA) is 76.7 Å². The number of anilines is 1. The molecule has 2 aromatic carbocycles. The first kappa shape index (κ1) is 16.8. The van der Waals surface area contributed by atoms with Crippen molar-refractivity contribution >= 4 is 34.7 Å². The number of ether oxygens (including phenoxy) is 1. The summed E-state index contributed by atoms with van der Waals surface area (Å²) < 4.78 is 5.42. The van der Waals surface area contributed by atoms with E-state index < -0.39 is 0 Å². The second kappa shape index (κ2) is 8.19. The van der Waals surface area contributed by atoms with Crippen LogP contribution in [0.25, 0.3) is 0 Å². The first-order valence-corrected chi connectivity index (χ1v) is 7.69. The van der Waals surface area contributed by atoms with E-state index in [2.05, 4.69) is 10.3 Å². The summed E-state index contributed by atoms with van der Waals surface area (Å²) in [5.74, 6) is 0.778. The molecule has 0 bridgehead atoms. The van der Waals surface area contributed by atoms with Gasteiger partial charge in [0.1, 0.15) is 11.6 Å². The van der Waals surface area contributed by atoms with Gasteiger partial charge in [-0.25, -0.2) is 4.99 Å². The van der Waals surface area contributed by atoms with Gasteiger partial charge >= 0.3 is 0 Å². The van der Waals surface area contributed by atoms with Crippen molar-refractivity contribution in [3.05, 3.63) is 54.1 Å². The number of hydrogen-bond acceptors (Lipinski definition) is 3. The molecule has 0 spiro atoms. The van der Waals surface area contributed by atoms with E-state index in [9.17, 15) is 4.79 Å². The van der Waals surface area contributed by atoms with Gasteiger partial charge in [0.05, 0.1) is 23.7 Å². The number of carbonyl (C=O) groups is 1. The molecular formula is C17H18ClN3O2. The van der Waals surface area contributed by atoms with Crippen LogP contribution >= 0.6 is 11.6 Å². The fourth-order valence-corrected chi connectivity index (χ4v) is 2.04. The average molecular weight is 332 g/mol. The van der Waals surface area contributed by atoms with Gasteiger partial charge in [-0.15, -0.1) is 11.6 Å². The van der Waals surface area contributed by atoms with Crippen LogP contribution in [0.1, 0.15) is 17.3 Å². The van der Waals surface area contributed by atoms with Gasteiger partial charge in [0.25, 0.3) is 5.91 Å². The minimum absolute atomic E-state index is 0.104. The average Bonchev–Trinajstić information content (AvgIpc) is 2.56. The number of nitrogens with two attached hydrogens (primary N) is 1. The van der Waals surface area contributed by atoms with Crippen LogP contribution in [0.5, 0.6) is 5.75 Å². The Hall–Kier alpha value is -2.53. The summed E-state index contributed by atoms with van der Waals surface area (Å²) in [5, 5.41) is 2.83. The molecule has 1 amide bonds. The van der Waals surface area contributed by atoms with Crippen LogP contribution in [0.15, 0.2) is 53.5 Å². The standard InChI is InChI=1S/C17H18ClN3O2/c1-2-23-13-7-5-6-12(10-13)20-17(22)14-8-3-4-9-15(14)21-16(19)11-18/h3-10H,2,11H2,1H3,(H2,19,21)(H,20,22). The van der Waals surface area contributed by atoms with Gasteiger partial charge in [-0.1, -0.05) is 18.2 Å². The number of halogens is 1. The summed E-state index contributed by atoms with van der Waals surface area (Å²) in [5.41, 5.74) is 7.19. The molecule has 0 atom stereocenters. The first-order valence-electron chi connectivity index (χ1n) is 7.16. The zero-order chi connectivity index (χ0) is 16.7. The molecule has 0 fully saturated rings. The van der Waals surface area contributed by atoms with E-state index in [1.807, 2.05) is 19.1 Å². The second-order valence-electron chi connectivity index (χ2n) is 4.67. The number of benzene rings is 2. The Kier molecular flexibility index (Phi) is 6.00. The third-order valence-electron chi connectivity index (χ3n) is 2.95. The third kappa shape index (κ3) is 4.72. The number of hydrogen-bond donors (Lipinski definition) is 2. The first-order chi connectivity index (χ1) is 11.1.